The second-order valence-corrected chi connectivity index (χ2v) is 8.56. The van der Waals surface area contributed by atoms with Crippen LogP contribution in [0.3, 0.4) is 0 Å². The maximum atomic E-state index is 4.88. The Labute approximate surface area is 177 Å². The molecule has 0 saturated carbocycles. The molecule has 0 bridgehead atoms. The Morgan fingerprint density at radius 2 is 1.04 bits per heavy atom. The van der Waals surface area contributed by atoms with Gasteiger partial charge in [0, 0.05) is 6.04 Å². The summed E-state index contributed by atoms with van der Waals surface area (Å²) >= 11 is 0. The highest BCUT2D eigenvalue weighted by atomic mass is 35.5. The van der Waals surface area contributed by atoms with E-state index in [4.69, 9.17) is 4.99 Å². The highest BCUT2D eigenvalue weighted by molar-refractivity contribution is 5.85. The number of unbranched alkanes of at least 4 members (excludes halogenated alkanes) is 14. The fraction of sp³-hybridized carbons (Fsp3) is 0.958. The van der Waals surface area contributed by atoms with E-state index in [1.54, 1.807) is 0 Å². The molecule has 2 unspecified atom stereocenters. The summed E-state index contributed by atoms with van der Waals surface area (Å²) in [6.07, 6.45) is 25.2. The molecule has 1 aliphatic rings. The third kappa shape index (κ3) is 14.4. The lowest BCUT2D eigenvalue weighted by Crippen LogP contribution is -2.33. The molecule has 0 amide bonds. The second kappa shape index (κ2) is 19.1. The minimum Gasteiger partial charge on any atom is -0.369 e. The van der Waals surface area contributed by atoms with E-state index in [0.717, 1.165) is 0 Å². The van der Waals surface area contributed by atoms with Crippen LogP contribution in [-0.2, 0) is 0 Å². The lowest BCUT2D eigenvalue weighted by molar-refractivity contribution is 0.428. The van der Waals surface area contributed by atoms with Crippen molar-refractivity contribution in [1.82, 2.24) is 5.32 Å². The van der Waals surface area contributed by atoms with Gasteiger partial charge in [0.25, 0.3) is 0 Å². The molecule has 0 aliphatic carbocycles. The van der Waals surface area contributed by atoms with Gasteiger partial charge in [-0.2, -0.15) is 0 Å². The van der Waals surface area contributed by atoms with Gasteiger partial charge in [-0.3, -0.25) is 4.99 Å². The number of rotatable bonds is 18. The van der Waals surface area contributed by atoms with Crippen LogP contribution in [0.2, 0.25) is 0 Å². The van der Waals surface area contributed by atoms with E-state index >= 15 is 0 Å². The summed E-state index contributed by atoms with van der Waals surface area (Å²) in [5.74, 6) is 1.18. The van der Waals surface area contributed by atoms with Crippen molar-refractivity contribution in [3.8, 4) is 0 Å². The molecule has 162 valence electrons. The summed E-state index contributed by atoms with van der Waals surface area (Å²) < 4.78 is 0. The molecule has 0 fully saturated rings. The SMILES string of the molecule is CCCCCCCCCCC1N=C(C)NC1CCCCCCCCCC.Cl. The minimum absolute atomic E-state index is 0. The third-order valence-corrected chi connectivity index (χ3v) is 5.94. The summed E-state index contributed by atoms with van der Waals surface area (Å²) in [4.78, 5) is 4.88. The van der Waals surface area contributed by atoms with Gasteiger partial charge in [-0.1, -0.05) is 117 Å². The summed E-state index contributed by atoms with van der Waals surface area (Å²) in [6, 6.07) is 1.18. The zero-order valence-electron chi connectivity index (χ0n) is 18.7. The van der Waals surface area contributed by atoms with Gasteiger partial charge in [0.05, 0.1) is 11.9 Å². The van der Waals surface area contributed by atoms with Crippen molar-refractivity contribution >= 4 is 18.2 Å². The monoisotopic (exact) mass is 400 g/mol. The van der Waals surface area contributed by atoms with Crippen LogP contribution in [0.5, 0.6) is 0 Å². The highest BCUT2D eigenvalue weighted by Crippen LogP contribution is 2.21. The van der Waals surface area contributed by atoms with E-state index in [-0.39, 0.29) is 12.4 Å². The maximum absolute atomic E-state index is 4.88. The van der Waals surface area contributed by atoms with Crippen molar-refractivity contribution in [3.05, 3.63) is 0 Å². The number of aliphatic imine (C=N–C) groups is 1. The Morgan fingerprint density at radius 3 is 1.52 bits per heavy atom. The molecular formula is C24H49ClN2. The number of nitrogens with zero attached hydrogens (tertiary/aromatic N) is 1. The smallest absolute Gasteiger partial charge is 0.0938 e. The summed E-state index contributed by atoms with van der Waals surface area (Å²) in [5, 5.41) is 3.65. The second-order valence-electron chi connectivity index (χ2n) is 8.56. The predicted octanol–water partition coefficient (Wildman–Crippen LogP) is 8.23. The van der Waals surface area contributed by atoms with Crippen molar-refractivity contribution < 1.29 is 0 Å². The summed E-state index contributed by atoms with van der Waals surface area (Å²) in [7, 11) is 0. The first-order chi connectivity index (χ1) is 12.8. The number of hydrogen-bond donors (Lipinski definition) is 1. The van der Waals surface area contributed by atoms with Crippen LogP contribution in [0, 0.1) is 0 Å². The van der Waals surface area contributed by atoms with Gasteiger partial charge >= 0.3 is 0 Å². The van der Waals surface area contributed by atoms with E-state index in [0.29, 0.717) is 12.1 Å². The van der Waals surface area contributed by atoms with E-state index in [1.807, 2.05) is 0 Å². The first kappa shape index (κ1) is 26.8. The predicted molar refractivity (Wildman–Crippen MR) is 126 cm³/mol. The number of halogens is 1. The maximum Gasteiger partial charge on any atom is 0.0938 e. The summed E-state index contributed by atoms with van der Waals surface area (Å²) in [6.45, 7) is 6.74. The normalized spacial score (nSPS) is 18.9. The molecule has 1 heterocycles. The molecule has 1 rings (SSSR count). The molecule has 0 aromatic heterocycles. The zero-order valence-corrected chi connectivity index (χ0v) is 19.6. The van der Waals surface area contributed by atoms with Crippen LogP contribution >= 0.6 is 12.4 Å². The Morgan fingerprint density at radius 1 is 0.630 bits per heavy atom. The molecule has 3 heteroatoms. The van der Waals surface area contributed by atoms with Gasteiger partial charge in [0.15, 0.2) is 0 Å². The van der Waals surface area contributed by atoms with Gasteiger partial charge in [0.2, 0.25) is 0 Å². The quantitative estimate of drug-likeness (QED) is 0.230. The molecule has 1 aliphatic heterocycles. The van der Waals surface area contributed by atoms with Crippen LogP contribution in [0.4, 0.5) is 0 Å². The summed E-state index contributed by atoms with van der Waals surface area (Å²) in [5.41, 5.74) is 0. The fourth-order valence-corrected chi connectivity index (χ4v) is 4.26. The molecule has 0 aromatic carbocycles. The lowest BCUT2D eigenvalue weighted by Gasteiger charge is -2.18. The van der Waals surface area contributed by atoms with E-state index in [9.17, 15) is 0 Å². The molecule has 0 aromatic rings. The Hall–Kier alpha value is -0.240. The van der Waals surface area contributed by atoms with Crippen LogP contribution in [0.1, 0.15) is 136 Å². The van der Waals surface area contributed by atoms with Crippen LogP contribution < -0.4 is 5.32 Å². The molecule has 2 nitrogen and oxygen atoms in total. The van der Waals surface area contributed by atoms with Crippen molar-refractivity contribution in [2.45, 2.75) is 148 Å². The zero-order chi connectivity index (χ0) is 18.9. The Balaban J connectivity index is 0.00000676. The molecule has 0 saturated heterocycles. The van der Waals surface area contributed by atoms with Gasteiger partial charge in [0.1, 0.15) is 0 Å². The highest BCUT2D eigenvalue weighted by Gasteiger charge is 2.25. The van der Waals surface area contributed by atoms with Crippen molar-refractivity contribution in [1.29, 1.82) is 0 Å². The van der Waals surface area contributed by atoms with Crippen molar-refractivity contribution in [2.75, 3.05) is 0 Å². The van der Waals surface area contributed by atoms with Gasteiger partial charge in [-0.25, -0.2) is 0 Å². The van der Waals surface area contributed by atoms with Crippen LogP contribution in [-0.4, -0.2) is 17.9 Å². The number of hydrogen-bond acceptors (Lipinski definition) is 2. The van der Waals surface area contributed by atoms with E-state index in [2.05, 4.69) is 26.1 Å². The van der Waals surface area contributed by atoms with Crippen LogP contribution in [0.25, 0.3) is 0 Å². The van der Waals surface area contributed by atoms with Gasteiger partial charge in [-0.15, -0.1) is 12.4 Å². The fourth-order valence-electron chi connectivity index (χ4n) is 4.26. The van der Waals surface area contributed by atoms with Gasteiger partial charge < -0.3 is 5.32 Å². The van der Waals surface area contributed by atoms with E-state index in [1.165, 1.54) is 121 Å². The third-order valence-electron chi connectivity index (χ3n) is 5.94. The minimum atomic E-state index is 0. The average molecular weight is 401 g/mol. The molecular weight excluding hydrogens is 352 g/mol. The lowest BCUT2D eigenvalue weighted by atomic mass is 9.96. The average Bonchev–Trinajstić information content (AvgIpc) is 2.99. The topological polar surface area (TPSA) is 24.4 Å². The number of amidine groups is 1. The molecule has 1 N–H and O–H groups in total. The number of nitrogens with one attached hydrogen (secondary N) is 1. The Kier molecular flexibility index (Phi) is 18.9. The van der Waals surface area contributed by atoms with E-state index < -0.39 is 0 Å². The van der Waals surface area contributed by atoms with Crippen LogP contribution in [0.15, 0.2) is 4.99 Å². The Bertz CT molecular complexity index is 343. The molecule has 27 heavy (non-hydrogen) atoms. The van der Waals surface area contributed by atoms with Gasteiger partial charge in [-0.05, 0) is 19.8 Å². The first-order valence-electron chi connectivity index (χ1n) is 12.1. The first-order valence-corrected chi connectivity index (χ1v) is 12.1. The molecule has 0 spiro atoms. The molecule has 2 atom stereocenters. The largest absolute Gasteiger partial charge is 0.369 e. The molecule has 0 radical (unpaired) electrons. The van der Waals surface area contributed by atoms with Crippen molar-refractivity contribution in [3.63, 3.8) is 0 Å². The van der Waals surface area contributed by atoms with Crippen molar-refractivity contribution in [2.24, 2.45) is 4.99 Å². The standard InChI is InChI=1S/C24H48N2.ClH/c1-4-6-8-10-12-14-16-18-20-23-24(26-22(3)25-23)21-19-17-15-13-11-9-7-5-2;/h23-24H,4-21H2,1-3H3,(H,25,26);1H.